The number of halogens is 1. The van der Waals surface area contributed by atoms with E-state index in [1.165, 1.54) is 12.1 Å². The van der Waals surface area contributed by atoms with E-state index in [1.807, 2.05) is 18.5 Å². The Balaban J connectivity index is 1.42. The summed E-state index contributed by atoms with van der Waals surface area (Å²) in [5.74, 6) is 1.20. The molecule has 1 aliphatic heterocycles. The number of aromatic nitrogens is 4. The van der Waals surface area contributed by atoms with Gasteiger partial charge in [-0.3, -0.25) is 4.90 Å². The van der Waals surface area contributed by atoms with Gasteiger partial charge in [0.15, 0.2) is 5.82 Å². The van der Waals surface area contributed by atoms with E-state index in [2.05, 4.69) is 44.3 Å². The first kappa shape index (κ1) is 23.2. The molecule has 4 heterocycles. The minimum Gasteiger partial charge on any atom is -0.382 e. The van der Waals surface area contributed by atoms with Gasteiger partial charge in [-0.15, -0.1) is 0 Å². The molecule has 0 radical (unpaired) electrons. The van der Waals surface area contributed by atoms with E-state index in [-0.39, 0.29) is 11.7 Å². The van der Waals surface area contributed by atoms with Crippen LogP contribution in [0.25, 0.3) is 22.4 Å². The molecule has 35 heavy (non-hydrogen) atoms. The molecule has 182 valence electrons. The standard InChI is InChI=1S/C26H30FN7O/c1-17(2)20-15-30-24(18-3-5-19(27)6-4-18)33-25(20)32-21-7-8-29-26-23(21)22(16-31-26)28-9-10-34-11-13-35-14-12-34/h3-8,15-17,28H,9-14H2,1-2H3,(H2,29,30,31,32,33). The quantitative estimate of drug-likeness (QED) is 0.338. The Labute approximate surface area is 204 Å². The molecule has 1 aromatic carbocycles. The number of morpholine rings is 1. The van der Waals surface area contributed by atoms with E-state index >= 15 is 0 Å². The first-order chi connectivity index (χ1) is 17.1. The van der Waals surface area contributed by atoms with E-state index in [9.17, 15) is 4.39 Å². The maximum atomic E-state index is 13.4. The summed E-state index contributed by atoms with van der Waals surface area (Å²) < 4.78 is 18.9. The van der Waals surface area contributed by atoms with Gasteiger partial charge in [0.2, 0.25) is 0 Å². The summed E-state index contributed by atoms with van der Waals surface area (Å²) in [6.07, 6.45) is 5.57. The Morgan fingerprint density at radius 3 is 2.66 bits per heavy atom. The SMILES string of the molecule is CC(C)c1cnc(-c2ccc(F)cc2)nc1Nc1ccnc2[nH]cc(NCCN3CCOCC3)c12. The number of nitrogens with one attached hydrogen (secondary N) is 3. The van der Waals surface area contributed by atoms with Crippen molar-refractivity contribution in [2.75, 3.05) is 50.0 Å². The smallest absolute Gasteiger partial charge is 0.161 e. The number of H-pyrrole nitrogens is 1. The van der Waals surface area contributed by atoms with Gasteiger partial charge in [-0.2, -0.15) is 0 Å². The average molecular weight is 476 g/mol. The van der Waals surface area contributed by atoms with Crippen molar-refractivity contribution in [2.24, 2.45) is 0 Å². The number of hydrogen-bond acceptors (Lipinski definition) is 7. The molecule has 3 aromatic heterocycles. The Kier molecular flexibility index (Phi) is 6.87. The number of rotatable bonds is 8. The van der Waals surface area contributed by atoms with Crippen LogP contribution < -0.4 is 10.6 Å². The van der Waals surface area contributed by atoms with Gasteiger partial charge in [0.05, 0.1) is 30.0 Å². The number of aromatic amines is 1. The van der Waals surface area contributed by atoms with Gasteiger partial charge >= 0.3 is 0 Å². The molecule has 0 atom stereocenters. The minimum atomic E-state index is -0.286. The average Bonchev–Trinajstić information content (AvgIpc) is 3.29. The van der Waals surface area contributed by atoms with E-state index in [1.54, 1.807) is 18.3 Å². The van der Waals surface area contributed by atoms with Crippen LogP contribution in [-0.2, 0) is 4.74 Å². The minimum absolute atomic E-state index is 0.217. The number of hydrogen-bond donors (Lipinski definition) is 3. The van der Waals surface area contributed by atoms with Crippen LogP contribution in [0.2, 0.25) is 0 Å². The molecule has 4 aromatic rings. The fourth-order valence-corrected chi connectivity index (χ4v) is 4.25. The number of benzene rings is 1. The van der Waals surface area contributed by atoms with Gasteiger partial charge in [0.25, 0.3) is 0 Å². The van der Waals surface area contributed by atoms with Crippen LogP contribution in [0.15, 0.2) is 48.9 Å². The molecule has 1 aliphatic rings. The third-order valence-corrected chi connectivity index (χ3v) is 6.22. The molecule has 8 nitrogen and oxygen atoms in total. The van der Waals surface area contributed by atoms with Crippen LogP contribution >= 0.6 is 0 Å². The fraction of sp³-hybridized carbons (Fsp3) is 0.346. The Bertz CT molecular complexity index is 1280. The number of fused-ring (bicyclic) bond motifs is 1. The lowest BCUT2D eigenvalue weighted by Gasteiger charge is -2.26. The first-order valence-electron chi connectivity index (χ1n) is 12.0. The van der Waals surface area contributed by atoms with Gasteiger partial charge in [0, 0.05) is 55.9 Å². The molecule has 5 rings (SSSR count). The lowest BCUT2D eigenvalue weighted by atomic mass is 10.1. The largest absolute Gasteiger partial charge is 0.382 e. The predicted molar refractivity (Wildman–Crippen MR) is 137 cm³/mol. The molecule has 0 saturated carbocycles. The summed E-state index contributed by atoms with van der Waals surface area (Å²) in [7, 11) is 0. The van der Waals surface area contributed by atoms with Crippen LogP contribution in [0.3, 0.4) is 0 Å². The third kappa shape index (κ3) is 5.26. The number of pyridine rings is 1. The number of ether oxygens (including phenoxy) is 1. The van der Waals surface area contributed by atoms with E-state index < -0.39 is 0 Å². The highest BCUT2D eigenvalue weighted by molar-refractivity contribution is 6.01. The molecule has 0 amide bonds. The van der Waals surface area contributed by atoms with Crippen LogP contribution in [0.5, 0.6) is 0 Å². The van der Waals surface area contributed by atoms with E-state index in [4.69, 9.17) is 9.72 Å². The first-order valence-corrected chi connectivity index (χ1v) is 12.0. The highest BCUT2D eigenvalue weighted by atomic mass is 19.1. The van der Waals surface area contributed by atoms with Crippen molar-refractivity contribution >= 4 is 28.2 Å². The highest BCUT2D eigenvalue weighted by Gasteiger charge is 2.16. The number of anilines is 3. The summed E-state index contributed by atoms with van der Waals surface area (Å²) in [5.41, 5.74) is 4.44. The summed E-state index contributed by atoms with van der Waals surface area (Å²) >= 11 is 0. The molecule has 0 spiro atoms. The lowest BCUT2D eigenvalue weighted by Crippen LogP contribution is -2.38. The highest BCUT2D eigenvalue weighted by Crippen LogP contribution is 2.33. The Hall–Kier alpha value is -3.56. The summed E-state index contributed by atoms with van der Waals surface area (Å²) in [4.78, 5) is 19.5. The van der Waals surface area contributed by atoms with Crippen molar-refractivity contribution in [3.8, 4) is 11.4 Å². The number of nitrogens with zero attached hydrogens (tertiary/aromatic N) is 4. The van der Waals surface area contributed by atoms with Crippen LogP contribution in [-0.4, -0.2) is 64.2 Å². The van der Waals surface area contributed by atoms with Crippen molar-refractivity contribution in [1.29, 1.82) is 0 Å². The zero-order chi connectivity index (χ0) is 24.2. The molecule has 0 bridgehead atoms. The maximum Gasteiger partial charge on any atom is 0.161 e. The molecule has 1 saturated heterocycles. The van der Waals surface area contributed by atoms with E-state index in [0.29, 0.717) is 5.82 Å². The van der Waals surface area contributed by atoms with Crippen LogP contribution in [0, 0.1) is 5.82 Å². The molecule has 1 fully saturated rings. The van der Waals surface area contributed by atoms with Gasteiger partial charge in [-0.1, -0.05) is 13.8 Å². The van der Waals surface area contributed by atoms with Crippen molar-refractivity contribution < 1.29 is 9.13 Å². The van der Waals surface area contributed by atoms with Gasteiger partial charge in [-0.05, 0) is 36.2 Å². The molecular weight excluding hydrogens is 445 g/mol. The maximum absolute atomic E-state index is 13.4. The zero-order valence-electron chi connectivity index (χ0n) is 20.0. The van der Waals surface area contributed by atoms with Crippen molar-refractivity contribution in [2.45, 2.75) is 19.8 Å². The summed E-state index contributed by atoms with van der Waals surface area (Å²) in [6, 6.07) is 8.17. The molecule has 3 N–H and O–H groups in total. The predicted octanol–water partition coefficient (Wildman–Crippen LogP) is 4.77. The lowest BCUT2D eigenvalue weighted by molar-refractivity contribution is 0.0398. The van der Waals surface area contributed by atoms with Crippen molar-refractivity contribution in [3.05, 3.63) is 60.3 Å². The molecule has 0 aliphatic carbocycles. The van der Waals surface area contributed by atoms with Crippen LogP contribution in [0.1, 0.15) is 25.3 Å². The second kappa shape index (κ2) is 10.4. The normalized spacial score (nSPS) is 14.5. The monoisotopic (exact) mass is 475 g/mol. The van der Waals surface area contributed by atoms with Crippen LogP contribution in [0.4, 0.5) is 21.6 Å². The molecule has 0 unspecified atom stereocenters. The summed E-state index contributed by atoms with van der Waals surface area (Å²) in [5, 5.41) is 8.07. The Morgan fingerprint density at radius 1 is 1.09 bits per heavy atom. The second-order valence-corrected chi connectivity index (χ2v) is 8.95. The Morgan fingerprint density at radius 2 is 1.89 bits per heavy atom. The second-order valence-electron chi connectivity index (χ2n) is 8.95. The third-order valence-electron chi connectivity index (χ3n) is 6.22. The molecular formula is C26H30FN7O. The van der Waals surface area contributed by atoms with Gasteiger partial charge < -0.3 is 20.4 Å². The van der Waals surface area contributed by atoms with Crippen molar-refractivity contribution in [1.82, 2.24) is 24.8 Å². The topological polar surface area (TPSA) is 91.0 Å². The van der Waals surface area contributed by atoms with E-state index in [0.717, 1.165) is 78.7 Å². The summed E-state index contributed by atoms with van der Waals surface area (Å²) in [6.45, 7) is 9.50. The van der Waals surface area contributed by atoms with Gasteiger partial charge in [-0.25, -0.2) is 19.3 Å². The molecule has 9 heteroatoms. The zero-order valence-corrected chi connectivity index (χ0v) is 20.0. The fourth-order valence-electron chi connectivity index (χ4n) is 4.25. The van der Waals surface area contributed by atoms with Gasteiger partial charge in [0.1, 0.15) is 17.3 Å². The van der Waals surface area contributed by atoms with Crippen molar-refractivity contribution in [3.63, 3.8) is 0 Å².